The van der Waals surface area contributed by atoms with Crippen LogP contribution in [0.5, 0.6) is 5.75 Å². The lowest BCUT2D eigenvalue weighted by Gasteiger charge is -2.21. The van der Waals surface area contributed by atoms with Gasteiger partial charge in [-0.05, 0) is 12.1 Å². The van der Waals surface area contributed by atoms with E-state index in [1.807, 2.05) is 0 Å². The third-order valence-corrected chi connectivity index (χ3v) is 2.97. The van der Waals surface area contributed by atoms with Gasteiger partial charge in [-0.3, -0.25) is 4.79 Å². The first-order chi connectivity index (χ1) is 9.69. The Labute approximate surface area is 115 Å². The van der Waals surface area contributed by atoms with Crippen LogP contribution < -0.4 is 15.1 Å². The molecule has 0 aliphatic heterocycles. The van der Waals surface area contributed by atoms with Gasteiger partial charge in [-0.25, -0.2) is 0 Å². The molecule has 1 aromatic carbocycles. The van der Waals surface area contributed by atoms with E-state index in [2.05, 4.69) is 0 Å². The molecule has 6 heteroatoms. The first kappa shape index (κ1) is 14.4. The second-order valence-electron chi connectivity index (χ2n) is 4.25. The molecular formula is C14H17NO5. The summed E-state index contributed by atoms with van der Waals surface area (Å²) >= 11 is 0. The minimum atomic E-state index is -0.176. The van der Waals surface area contributed by atoms with Crippen molar-refractivity contribution in [2.75, 3.05) is 38.3 Å². The summed E-state index contributed by atoms with van der Waals surface area (Å²) in [5.74, 6) is 0.910. The van der Waals surface area contributed by atoms with Crippen LogP contribution in [0.4, 0.5) is 5.88 Å². The van der Waals surface area contributed by atoms with E-state index in [0.29, 0.717) is 22.6 Å². The molecule has 1 aromatic heterocycles. The molecule has 0 fully saturated rings. The largest absolute Gasteiger partial charge is 0.497 e. The summed E-state index contributed by atoms with van der Waals surface area (Å²) in [5.41, 5.74) is 0.234. The van der Waals surface area contributed by atoms with Gasteiger partial charge in [0.1, 0.15) is 11.3 Å². The maximum absolute atomic E-state index is 12.1. The third-order valence-electron chi connectivity index (χ3n) is 2.97. The van der Waals surface area contributed by atoms with E-state index in [1.54, 1.807) is 23.1 Å². The zero-order valence-corrected chi connectivity index (χ0v) is 11.2. The fourth-order valence-electron chi connectivity index (χ4n) is 1.98. The standard InChI is InChI=1S/C14H17NO5/c1-19-10-2-3-11-12(18)9-14(20-13(11)8-10)15(4-6-16)5-7-17/h2-3,8-9,16-17H,4-7H2,1H3. The van der Waals surface area contributed by atoms with Crippen LogP contribution in [0.2, 0.25) is 0 Å². The van der Waals surface area contributed by atoms with E-state index in [-0.39, 0.29) is 31.7 Å². The van der Waals surface area contributed by atoms with Gasteiger partial charge in [0, 0.05) is 25.2 Å². The van der Waals surface area contributed by atoms with Gasteiger partial charge in [0.25, 0.3) is 0 Å². The smallest absolute Gasteiger partial charge is 0.200 e. The van der Waals surface area contributed by atoms with E-state index in [9.17, 15) is 4.79 Å². The van der Waals surface area contributed by atoms with Gasteiger partial charge >= 0.3 is 0 Å². The summed E-state index contributed by atoms with van der Waals surface area (Å²) in [6, 6.07) is 6.33. The number of fused-ring (bicyclic) bond motifs is 1. The molecule has 108 valence electrons. The Hall–Kier alpha value is -2.05. The van der Waals surface area contributed by atoms with Crippen molar-refractivity contribution in [3.05, 3.63) is 34.5 Å². The van der Waals surface area contributed by atoms with Crippen molar-refractivity contribution in [1.82, 2.24) is 0 Å². The van der Waals surface area contributed by atoms with Crippen molar-refractivity contribution < 1.29 is 19.4 Å². The summed E-state index contributed by atoms with van der Waals surface area (Å²) < 4.78 is 10.8. The molecule has 0 saturated heterocycles. The second-order valence-corrected chi connectivity index (χ2v) is 4.25. The highest BCUT2D eigenvalue weighted by Gasteiger charge is 2.12. The monoisotopic (exact) mass is 279 g/mol. The van der Waals surface area contributed by atoms with E-state index < -0.39 is 0 Å². The number of hydrogen-bond donors (Lipinski definition) is 2. The molecule has 2 rings (SSSR count). The molecule has 0 saturated carbocycles. The molecule has 6 nitrogen and oxygen atoms in total. The van der Waals surface area contributed by atoms with Gasteiger partial charge < -0.3 is 24.3 Å². The van der Waals surface area contributed by atoms with Gasteiger partial charge in [-0.15, -0.1) is 0 Å². The zero-order chi connectivity index (χ0) is 14.5. The Morgan fingerprint density at radius 3 is 2.50 bits per heavy atom. The Bertz CT molecular complexity index is 631. The lowest BCUT2D eigenvalue weighted by molar-refractivity contribution is 0.277. The van der Waals surface area contributed by atoms with Crippen LogP contribution in [0.3, 0.4) is 0 Å². The summed E-state index contributed by atoms with van der Waals surface area (Å²) in [4.78, 5) is 13.7. The summed E-state index contributed by atoms with van der Waals surface area (Å²) in [5, 5.41) is 18.5. The second kappa shape index (κ2) is 6.40. The molecule has 0 aliphatic carbocycles. The highest BCUT2D eigenvalue weighted by Crippen LogP contribution is 2.22. The van der Waals surface area contributed by atoms with Gasteiger partial charge in [0.15, 0.2) is 11.3 Å². The molecule has 1 heterocycles. The Kier molecular flexibility index (Phi) is 4.60. The molecule has 0 amide bonds. The average molecular weight is 279 g/mol. The maximum Gasteiger partial charge on any atom is 0.200 e. The fraction of sp³-hybridized carbons (Fsp3) is 0.357. The molecule has 0 unspecified atom stereocenters. The minimum absolute atomic E-state index is 0.0974. The van der Waals surface area contributed by atoms with Crippen molar-refractivity contribution in [3.63, 3.8) is 0 Å². The predicted molar refractivity (Wildman–Crippen MR) is 75.4 cm³/mol. The number of ether oxygens (including phenoxy) is 1. The molecule has 0 radical (unpaired) electrons. The predicted octanol–water partition coefficient (Wildman–Crippen LogP) is 0.593. The first-order valence-corrected chi connectivity index (χ1v) is 6.28. The number of anilines is 1. The van der Waals surface area contributed by atoms with Crippen molar-refractivity contribution in [2.24, 2.45) is 0 Å². The molecule has 20 heavy (non-hydrogen) atoms. The summed E-state index contributed by atoms with van der Waals surface area (Å²) in [6.07, 6.45) is 0. The van der Waals surface area contributed by atoms with Crippen LogP contribution in [0.15, 0.2) is 33.5 Å². The van der Waals surface area contributed by atoms with Crippen molar-refractivity contribution >= 4 is 16.9 Å². The molecule has 0 bridgehead atoms. The number of benzene rings is 1. The van der Waals surface area contributed by atoms with Gasteiger partial charge in [0.2, 0.25) is 0 Å². The van der Waals surface area contributed by atoms with Crippen LogP contribution >= 0.6 is 0 Å². The van der Waals surface area contributed by atoms with Crippen LogP contribution in [0, 0.1) is 0 Å². The highest BCUT2D eigenvalue weighted by molar-refractivity contribution is 5.79. The number of methoxy groups -OCH3 is 1. The third kappa shape index (κ3) is 2.92. The van der Waals surface area contributed by atoms with E-state index >= 15 is 0 Å². The number of aliphatic hydroxyl groups is 2. The highest BCUT2D eigenvalue weighted by atomic mass is 16.5. The zero-order valence-electron chi connectivity index (χ0n) is 11.2. The quantitative estimate of drug-likeness (QED) is 0.805. The summed E-state index contributed by atoms with van der Waals surface area (Å²) in [6.45, 7) is 0.359. The van der Waals surface area contributed by atoms with Crippen LogP contribution in [0.1, 0.15) is 0 Å². The van der Waals surface area contributed by atoms with Gasteiger partial charge in [-0.1, -0.05) is 0 Å². The van der Waals surface area contributed by atoms with Crippen molar-refractivity contribution in [3.8, 4) is 5.75 Å². The van der Waals surface area contributed by atoms with E-state index in [0.717, 1.165) is 0 Å². The normalized spacial score (nSPS) is 10.8. The number of rotatable bonds is 6. The Balaban J connectivity index is 2.51. The topological polar surface area (TPSA) is 83.1 Å². The number of nitrogens with zero attached hydrogens (tertiary/aromatic N) is 1. The Morgan fingerprint density at radius 2 is 1.90 bits per heavy atom. The van der Waals surface area contributed by atoms with Gasteiger partial charge in [0.05, 0.1) is 25.7 Å². The van der Waals surface area contributed by atoms with Crippen LogP contribution in [0.25, 0.3) is 11.0 Å². The first-order valence-electron chi connectivity index (χ1n) is 6.28. The maximum atomic E-state index is 12.1. The van der Waals surface area contributed by atoms with E-state index in [1.165, 1.54) is 13.2 Å². The van der Waals surface area contributed by atoms with Crippen molar-refractivity contribution in [1.29, 1.82) is 0 Å². The minimum Gasteiger partial charge on any atom is -0.497 e. The van der Waals surface area contributed by atoms with E-state index in [4.69, 9.17) is 19.4 Å². The van der Waals surface area contributed by atoms with Crippen LogP contribution in [-0.2, 0) is 0 Å². The van der Waals surface area contributed by atoms with Crippen molar-refractivity contribution in [2.45, 2.75) is 0 Å². The molecule has 0 aliphatic rings. The van der Waals surface area contributed by atoms with Gasteiger partial charge in [-0.2, -0.15) is 0 Å². The van der Waals surface area contributed by atoms with Crippen LogP contribution in [-0.4, -0.2) is 43.6 Å². The summed E-state index contributed by atoms with van der Waals surface area (Å²) in [7, 11) is 1.53. The lowest BCUT2D eigenvalue weighted by Crippen LogP contribution is -2.30. The SMILES string of the molecule is COc1ccc2c(=O)cc(N(CCO)CCO)oc2c1. The lowest BCUT2D eigenvalue weighted by atomic mass is 10.2. The molecule has 2 N–H and O–H groups in total. The molecule has 0 atom stereocenters. The number of hydrogen-bond acceptors (Lipinski definition) is 6. The molecule has 2 aromatic rings. The average Bonchev–Trinajstić information content (AvgIpc) is 2.46. The molecule has 0 spiro atoms. The molecular weight excluding hydrogens is 262 g/mol. The number of aliphatic hydroxyl groups excluding tert-OH is 2. The Morgan fingerprint density at radius 1 is 1.20 bits per heavy atom. The fourth-order valence-corrected chi connectivity index (χ4v) is 1.98.